The van der Waals surface area contributed by atoms with Crippen molar-refractivity contribution in [2.24, 2.45) is 7.05 Å². The minimum Gasteiger partial charge on any atom is -0.384 e. The average molecular weight is 197 g/mol. The lowest BCUT2D eigenvalue weighted by Crippen LogP contribution is -2.19. The number of rotatable bonds is 1. The largest absolute Gasteiger partial charge is 0.384 e. The summed E-state index contributed by atoms with van der Waals surface area (Å²) in [4.78, 5) is 0. The minimum atomic E-state index is -0.517. The van der Waals surface area contributed by atoms with Gasteiger partial charge in [-0.1, -0.05) is 0 Å². The Bertz CT molecular complexity index is 326. The maximum absolute atomic E-state index is 5.68. The fourth-order valence-electron chi connectivity index (χ4n) is 1.49. The Kier molecular flexibility index (Phi) is 2.01. The fourth-order valence-corrected chi connectivity index (χ4v) is 1.49. The van der Waals surface area contributed by atoms with E-state index in [1.807, 2.05) is 19.9 Å². The van der Waals surface area contributed by atoms with Crippen LogP contribution < -0.4 is 5.73 Å². The summed E-state index contributed by atoms with van der Waals surface area (Å²) in [7, 11) is 1.81. The van der Waals surface area contributed by atoms with Gasteiger partial charge in [-0.25, -0.2) is 0 Å². The molecule has 0 amide bonds. The second-order valence-electron chi connectivity index (χ2n) is 3.94. The smallest absolute Gasteiger partial charge is 0.163 e. The number of nitrogens with two attached hydrogens (primary N) is 1. The summed E-state index contributed by atoms with van der Waals surface area (Å²) in [6.45, 7) is 4.31. The van der Waals surface area contributed by atoms with Gasteiger partial charge in [-0.3, -0.25) is 4.68 Å². The Balaban J connectivity index is 2.17. The van der Waals surface area contributed by atoms with E-state index in [4.69, 9.17) is 15.2 Å². The van der Waals surface area contributed by atoms with Gasteiger partial charge in [0.1, 0.15) is 11.9 Å². The van der Waals surface area contributed by atoms with Crippen LogP contribution in [0.1, 0.15) is 25.6 Å². The van der Waals surface area contributed by atoms with E-state index in [9.17, 15) is 0 Å². The summed E-state index contributed by atoms with van der Waals surface area (Å²) in [5.41, 5.74) is 6.51. The van der Waals surface area contributed by atoms with Crippen molar-refractivity contribution in [2.75, 3.05) is 12.3 Å². The number of hydrogen-bond donors (Lipinski definition) is 1. The molecule has 1 atom stereocenters. The predicted molar refractivity (Wildman–Crippen MR) is 51.5 cm³/mol. The number of ether oxygens (including phenoxy) is 2. The summed E-state index contributed by atoms with van der Waals surface area (Å²) >= 11 is 0. The number of anilines is 1. The van der Waals surface area contributed by atoms with E-state index in [0.29, 0.717) is 12.4 Å². The Morgan fingerprint density at radius 2 is 2.36 bits per heavy atom. The summed E-state index contributed by atoms with van der Waals surface area (Å²) in [5, 5.41) is 4.24. The number of aryl methyl sites for hydroxylation is 1. The number of nitrogens with zero attached hydrogens (tertiary/aromatic N) is 2. The molecule has 1 saturated heterocycles. The Hall–Kier alpha value is -1.07. The molecule has 1 aromatic heterocycles. The first-order valence-electron chi connectivity index (χ1n) is 4.59. The number of nitrogen functional groups attached to an aromatic ring is 1. The van der Waals surface area contributed by atoms with Crippen molar-refractivity contribution in [1.29, 1.82) is 0 Å². The van der Waals surface area contributed by atoms with Gasteiger partial charge in [0.05, 0.1) is 12.3 Å². The third kappa shape index (κ3) is 1.60. The topological polar surface area (TPSA) is 62.3 Å². The van der Waals surface area contributed by atoms with Gasteiger partial charge in [0.2, 0.25) is 0 Å². The van der Waals surface area contributed by atoms with E-state index in [0.717, 1.165) is 5.69 Å². The maximum atomic E-state index is 5.68. The van der Waals surface area contributed by atoms with Crippen LogP contribution in [0, 0.1) is 0 Å². The van der Waals surface area contributed by atoms with E-state index < -0.39 is 5.79 Å². The second kappa shape index (κ2) is 2.96. The average Bonchev–Trinajstić information content (AvgIpc) is 2.57. The van der Waals surface area contributed by atoms with Crippen LogP contribution in [0.4, 0.5) is 5.82 Å². The first kappa shape index (κ1) is 9.48. The van der Waals surface area contributed by atoms with E-state index in [1.54, 1.807) is 11.7 Å². The molecule has 0 spiro atoms. The van der Waals surface area contributed by atoms with Gasteiger partial charge in [0.25, 0.3) is 0 Å². The molecule has 0 aliphatic carbocycles. The van der Waals surface area contributed by atoms with Gasteiger partial charge in [-0.2, -0.15) is 5.10 Å². The summed E-state index contributed by atoms with van der Waals surface area (Å²) < 4.78 is 12.7. The van der Waals surface area contributed by atoms with Gasteiger partial charge in [0.15, 0.2) is 5.79 Å². The molecule has 2 heterocycles. The molecule has 14 heavy (non-hydrogen) atoms. The zero-order valence-electron chi connectivity index (χ0n) is 8.65. The molecular weight excluding hydrogens is 182 g/mol. The zero-order chi connectivity index (χ0) is 10.3. The summed E-state index contributed by atoms with van der Waals surface area (Å²) in [6, 6.07) is 1.81. The quantitative estimate of drug-likeness (QED) is 0.724. The molecule has 1 unspecified atom stereocenters. The Morgan fingerprint density at radius 3 is 2.79 bits per heavy atom. The van der Waals surface area contributed by atoms with Crippen molar-refractivity contribution in [2.45, 2.75) is 25.7 Å². The molecule has 0 bridgehead atoms. The Morgan fingerprint density at radius 1 is 1.64 bits per heavy atom. The maximum Gasteiger partial charge on any atom is 0.163 e. The van der Waals surface area contributed by atoms with Crippen LogP contribution in [0.3, 0.4) is 0 Å². The zero-order valence-corrected chi connectivity index (χ0v) is 8.65. The highest BCUT2D eigenvalue weighted by Gasteiger charge is 2.34. The third-order valence-electron chi connectivity index (χ3n) is 2.27. The third-order valence-corrected chi connectivity index (χ3v) is 2.27. The van der Waals surface area contributed by atoms with Crippen LogP contribution in [-0.4, -0.2) is 22.2 Å². The molecular formula is C9H15N3O2. The van der Waals surface area contributed by atoms with Gasteiger partial charge in [-0.05, 0) is 13.8 Å². The van der Waals surface area contributed by atoms with Crippen molar-refractivity contribution in [3.63, 3.8) is 0 Å². The van der Waals surface area contributed by atoms with Crippen LogP contribution in [0.2, 0.25) is 0 Å². The summed E-state index contributed by atoms with van der Waals surface area (Å²) in [5.74, 6) is 0.116. The van der Waals surface area contributed by atoms with Gasteiger partial charge < -0.3 is 15.2 Å². The molecule has 0 aromatic carbocycles. The van der Waals surface area contributed by atoms with Crippen LogP contribution in [0.5, 0.6) is 0 Å². The molecule has 1 aromatic rings. The highest BCUT2D eigenvalue weighted by Crippen LogP contribution is 2.32. The fraction of sp³-hybridized carbons (Fsp3) is 0.667. The van der Waals surface area contributed by atoms with E-state index >= 15 is 0 Å². The van der Waals surface area contributed by atoms with Crippen molar-refractivity contribution in [3.8, 4) is 0 Å². The van der Waals surface area contributed by atoms with E-state index in [1.165, 1.54) is 0 Å². The van der Waals surface area contributed by atoms with Gasteiger partial charge in [-0.15, -0.1) is 0 Å². The highest BCUT2D eigenvalue weighted by atomic mass is 16.7. The minimum absolute atomic E-state index is 0.103. The Labute approximate surface area is 82.8 Å². The number of aromatic nitrogens is 2. The van der Waals surface area contributed by atoms with Crippen molar-refractivity contribution >= 4 is 5.82 Å². The standard InChI is InChI=1S/C9H15N3O2/c1-9(2)13-5-7(14-9)6-4-8(10)12(3)11-6/h4,7H,5,10H2,1-3H3. The van der Waals surface area contributed by atoms with E-state index in [2.05, 4.69) is 5.10 Å². The molecule has 1 fully saturated rings. The van der Waals surface area contributed by atoms with Crippen LogP contribution in [0.15, 0.2) is 6.07 Å². The highest BCUT2D eigenvalue weighted by molar-refractivity contribution is 5.31. The molecule has 5 heteroatoms. The molecule has 1 aliphatic rings. The normalized spacial score (nSPS) is 25.5. The number of hydrogen-bond acceptors (Lipinski definition) is 4. The molecule has 0 saturated carbocycles. The SMILES string of the molecule is Cn1nc(C2COC(C)(C)O2)cc1N. The molecule has 5 nitrogen and oxygen atoms in total. The van der Waals surface area contributed by atoms with Crippen LogP contribution in [-0.2, 0) is 16.5 Å². The molecule has 0 radical (unpaired) electrons. The molecule has 78 valence electrons. The monoisotopic (exact) mass is 197 g/mol. The predicted octanol–water partition coefficient (Wildman–Crippen LogP) is 0.826. The van der Waals surface area contributed by atoms with Crippen LogP contribution >= 0.6 is 0 Å². The molecule has 2 N–H and O–H groups in total. The van der Waals surface area contributed by atoms with Gasteiger partial charge in [0, 0.05) is 13.1 Å². The first-order valence-corrected chi connectivity index (χ1v) is 4.59. The van der Waals surface area contributed by atoms with Crippen molar-refractivity contribution in [3.05, 3.63) is 11.8 Å². The lowest BCUT2D eigenvalue weighted by molar-refractivity contribution is -0.139. The molecule has 1 aliphatic heterocycles. The van der Waals surface area contributed by atoms with E-state index in [-0.39, 0.29) is 6.10 Å². The first-order chi connectivity index (χ1) is 6.48. The summed E-state index contributed by atoms with van der Waals surface area (Å²) in [6.07, 6.45) is -0.103. The van der Waals surface area contributed by atoms with Crippen molar-refractivity contribution in [1.82, 2.24) is 9.78 Å². The molecule has 2 rings (SSSR count). The van der Waals surface area contributed by atoms with Gasteiger partial charge >= 0.3 is 0 Å². The second-order valence-corrected chi connectivity index (χ2v) is 3.94. The van der Waals surface area contributed by atoms with Crippen molar-refractivity contribution < 1.29 is 9.47 Å². The van der Waals surface area contributed by atoms with Crippen LogP contribution in [0.25, 0.3) is 0 Å². The lowest BCUT2D eigenvalue weighted by atomic mass is 10.3. The lowest BCUT2D eigenvalue weighted by Gasteiger charge is -2.16.